The molecule has 0 aliphatic carbocycles. The summed E-state index contributed by atoms with van der Waals surface area (Å²) in [5.41, 5.74) is 2.28. The second-order valence-corrected chi connectivity index (χ2v) is 6.90. The molecule has 1 saturated heterocycles. The Morgan fingerprint density at radius 1 is 1.55 bits per heavy atom. The average molecular weight is 318 g/mol. The van der Waals surface area contributed by atoms with Gasteiger partial charge < -0.3 is 4.74 Å². The monoisotopic (exact) mass is 318 g/mol. The highest BCUT2D eigenvalue weighted by Crippen LogP contribution is 2.31. The largest absolute Gasteiger partial charge is 0.368 e. The molecular weight excluding hydrogens is 300 g/mol. The fraction of sp³-hybridized carbons (Fsp3) is 0.533. The molecule has 4 rings (SSSR count). The SMILES string of the molecule is CC(=O)c1cc(CN2CC[C@H]3[C@H](C2)OCc2cnnn23)cs1. The zero-order chi connectivity index (χ0) is 15.1. The molecule has 2 aromatic heterocycles. The van der Waals surface area contributed by atoms with Crippen molar-refractivity contribution in [2.75, 3.05) is 13.1 Å². The molecule has 2 aliphatic rings. The molecule has 0 unspecified atom stereocenters. The van der Waals surface area contributed by atoms with Gasteiger partial charge in [-0.2, -0.15) is 0 Å². The predicted molar refractivity (Wildman–Crippen MR) is 81.9 cm³/mol. The highest BCUT2D eigenvalue weighted by atomic mass is 32.1. The first-order chi connectivity index (χ1) is 10.7. The van der Waals surface area contributed by atoms with Crippen molar-refractivity contribution in [2.45, 2.75) is 38.6 Å². The Bertz CT molecular complexity index is 695. The van der Waals surface area contributed by atoms with Crippen molar-refractivity contribution in [1.82, 2.24) is 19.9 Å². The number of hydrogen-bond donors (Lipinski definition) is 0. The van der Waals surface area contributed by atoms with Crippen molar-refractivity contribution in [1.29, 1.82) is 0 Å². The van der Waals surface area contributed by atoms with E-state index in [0.29, 0.717) is 12.6 Å². The molecule has 1 fully saturated rings. The standard InChI is InChI=1S/C15H18N4O2S/c1-10(20)15-4-11(9-22-15)6-18-3-2-13-14(7-18)21-8-12-5-16-17-19(12)13/h4-5,9,13-14H,2-3,6-8H2,1H3/t13-,14-/m0/s1. The summed E-state index contributed by atoms with van der Waals surface area (Å²) in [6, 6.07) is 2.31. The Morgan fingerprint density at radius 2 is 2.45 bits per heavy atom. The summed E-state index contributed by atoms with van der Waals surface area (Å²) in [6.45, 7) is 4.99. The minimum Gasteiger partial charge on any atom is -0.368 e. The van der Waals surface area contributed by atoms with E-state index in [0.717, 1.165) is 36.6 Å². The quantitative estimate of drug-likeness (QED) is 0.809. The van der Waals surface area contributed by atoms with E-state index in [4.69, 9.17) is 4.74 Å². The van der Waals surface area contributed by atoms with Crippen LogP contribution in [0.25, 0.3) is 0 Å². The molecule has 6 nitrogen and oxygen atoms in total. The molecule has 2 aliphatic heterocycles. The molecule has 7 heteroatoms. The Balaban J connectivity index is 1.43. The number of nitrogens with zero attached hydrogens (tertiary/aromatic N) is 4. The number of aromatic nitrogens is 3. The van der Waals surface area contributed by atoms with Crippen LogP contribution in [0.1, 0.15) is 40.3 Å². The molecule has 2 atom stereocenters. The Kier molecular flexibility index (Phi) is 3.56. The third-order valence-corrected chi connectivity index (χ3v) is 5.50. The molecule has 116 valence electrons. The second-order valence-electron chi connectivity index (χ2n) is 5.99. The van der Waals surface area contributed by atoms with Crippen LogP contribution in [0, 0.1) is 0 Å². The van der Waals surface area contributed by atoms with E-state index in [1.807, 2.05) is 10.7 Å². The van der Waals surface area contributed by atoms with Gasteiger partial charge in [0, 0.05) is 19.6 Å². The summed E-state index contributed by atoms with van der Waals surface area (Å²) in [7, 11) is 0. The lowest BCUT2D eigenvalue weighted by atomic mass is 10.00. The molecule has 4 heterocycles. The van der Waals surface area contributed by atoms with E-state index in [-0.39, 0.29) is 11.9 Å². The van der Waals surface area contributed by atoms with E-state index >= 15 is 0 Å². The van der Waals surface area contributed by atoms with Gasteiger partial charge in [0.25, 0.3) is 0 Å². The van der Waals surface area contributed by atoms with Crippen molar-refractivity contribution < 1.29 is 9.53 Å². The number of fused-ring (bicyclic) bond motifs is 3. The number of carbonyl (C=O) groups excluding carboxylic acids is 1. The molecular formula is C15H18N4O2S. The molecule has 0 aromatic carbocycles. The number of hydrogen-bond acceptors (Lipinski definition) is 6. The van der Waals surface area contributed by atoms with Crippen molar-refractivity contribution in [3.05, 3.63) is 33.8 Å². The van der Waals surface area contributed by atoms with Crippen LogP contribution in [-0.2, 0) is 17.9 Å². The summed E-state index contributed by atoms with van der Waals surface area (Å²) >= 11 is 1.53. The fourth-order valence-corrected chi connectivity index (χ4v) is 4.10. The van der Waals surface area contributed by atoms with Gasteiger partial charge in [-0.05, 0) is 30.4 Å². The third-order valence-electron chi connectivity index (χ3n) is 4.42. The molecule has 0 radical (unpaired) electrons. The van der Waals surface area contributed by atoms with Gasteiger partial charge in [-0.1, -0.05) is 5.21 Å². The summed E-state index contributed by atoms with van der Waals surface area (Å²) in [5, 5.41) is 10.3. The maximum Gasteiger partial charge on any atom is 0.169 e. The van der Waals surface area contributed by atoms with Crippen LogP contribution in [0.3, 0.4) is 0 Å². The molecule has 0 bridgehead atoms. The minimum absolute atomic E-state index is 0.143. The van der Waals surface area contributed by atoms with Crippen molar-refractivity contribution >= 4 is 17.1 Å². The number of ether oxygens (including phenoxy) is 1. The van der Waals surface area contributed by atoms with Gasteiger partial charge in [0.05, 0.1) is 35.5 Å². The van der Waals surface area contributed by atoms with E-state index in [2.05, 4.69) is 20.6 Å². The van der Waals surface area contributed by atoms with Gasteiger partial charge in [0.15, 0.2) is 5.78 Å². The Hall–Kier alpha value is -1.57. The molecule has 0 saturated carbocycles. The second kappa shape index (κ2) is 5.57. The summed E-state index contributed by atoms with van der Waals surface area (Å²) in [6.07, 6.45) is 2.98. The predicted octanol–water partition coefficient (Wildman–Crippen LogP) is 1.89. The first kappa shape index (κ1) is 14.0. The van der Waals surface area contributed by atoms with Gasteiger partial charge in [0.1, 0.15) is 0 Å². The highest BCUT2D eigenvalue weighted by Gasteiger charge is 2.36. The summed E-state index contributed by atoms with van der Waals surface area (Å²) < 4.78 is 8.02. The Morgan fingerprint density at radius 3 is 3.27 bits per heavy atom. The number of Topliss-reactive ketones (excluding diaryl/α,β-unsaturated/α-hetero) is 1. The number of carbonyl (C=O) groups is 1. The van der Waals surface area contributed by atoms with Crippen LogP contribution in [0.5, 0.6) is 0 Å². The molecule has 0 N–H and O–H groups in total. The smallest absolute Gasteiger partial charge is 0.169 e. The lowest BCUT2D eigenvalue weighted by Crippen LogP contribution is -2.48. The average Bonchev–Trinajstić information content (AvgIpc) is 3.15. The number of rotatable bonds is 3. The highest BCUT2D eigenvalue weighted by molar-refractivity contribution is 7.12. The summed E-state index contributed by atoms with van der Waals surface area (Å²) in [5.74, 6) is 0.143. The normalized spacial score (nSPS) is 24.8. The fourth-order valence-electron chi connectivity index (χ4n) is 3.30. The van der Waals surface area contributed by atoms with E-state index in [1.165, 1.54) is 16.9 Å². The number of likely N-dealkylation sites (tertiary alicyclic amines) is 1. The van der Waals surface area contributed by atoms with Gasteiger partial charge in [-0.15, -0.1) is 16.4 Å². The lowest BCUT2D eigenvalue weighted by Gasteiger charge is -2.40. The number of thiophene rings is 1. The third kappa shape index (κ3) is 2.49. The van der Waals surface area contributed by atoms with Crippen molar-refractivity contribution in [2.24, 2.45) is 0 Å². The first-order valence-electron chi connectivity index (χ1n) is 7.52. The molecule has 2 aromatic rings. The first-order valence-corrected chi connectivity index (χ1v) is 8.40. The van der Waals surface area contributed by atoms with Gasteiger partial charge in [-0.25, -0.2) is 4.68 Å². The number of piperidine rings is 1. The maximum atomic E-state index is 11.4. The zero-order valence-electron chi connectivity index (χ0n) is 12.4. The van der Waals surface area contributed by atoms with Gasteiger partial charge >= 0.3 is 0 Å². The molecule has 22 heavy (non-hydrogen) atoms. The molecule has 0 spiro atoms. The van der Waals surface area contributed by atoms with E-state index in [1.54, 1.807) is 13.1 Å². The minimum atomic E-state index is 0.143. The van der Waals surface area contributed by atoms with Crippen molar-refractivity contribution in [3.63, 3.8) is 0 Å². The van der Waals surface area contributed by atoms with Crippen LogP contribution in [0.4, 0.5) is 0 Å². The molecule has 0 amide bonds. The lowest BCUT2D eigenvalue weighted by molar-refractivity contribution is -0.0704. The zero-order valence-corrected chi connectivity index (χ0v) is 13.3. The maximum absolute atomic E-state index is 11.4. The van der Waals surface area contributed by atoms with Crippen LogP contribution in [0.2, 0.25) is 0 Å². The van der Waals surface area contributed by atoms with Crippen LogP contribution < -0.4 is 0 Å². The van der Waals surface area contributed by atoms with Crippen LogP contribution >= 0.6 is 11.3 Å². The van der Waals surface area contributed by atoms with Gasteiger partial charge in [0.2, 0.25) is 0 Å². The van der Waals surface area contributed by atoms with Crippen molar-refractivity contribution in [3.8, 4) is 0 Å². The summed E-state index contributed by atoms with van der Waals surface area (Å²) in [4.78, 5) is 14.6. The topological polar surface area (TPSA) is 60.3 Å². The van der Waals surface area contributed by atoms with E-state index < -0.39 is 0 Å². The Labute approximate surface area is 132 Å². The van der Waals surface area contributed by atoms with E-state index in [9.17, 15) is 4.79 Å². The van der Waals surface area contributed by atoms with Gasteiger partial charge in [-0.3, -0.25) is 9.69 Å². The van der Waals surface area contributed by atoms with Crippen LogP contribution in [-0.4, -0.2) is 44.9 Å². The van der Waals surface area contributed by atoms with Crippen LogP contribution in [0.15, 0.2) is 17.6 Å². The number of ketones is 1.